The molecule has 0 radical (unpaired) electrons. The summed E-state index contributed by atoms with van der Waals surface area (Å²) in [6.07, 6.45) is 3.16. The van der Waals surface area contributed by atoms with Gasteiger partial charge in [-0.2, -0.15) is 16.8 Å². The topological polar surface area (TPSA) is 77.5 Å². The van der Waals surface area contributed by atoms with Crippen LogP contribution in [0.25, 0.3) is 10.2 Å². The Labute approximate surface area is 187 Å². The number of amides is 1. The van der Waals surface area contributed by atoms with Crippen LogP contribution in [0.2, 0.25) is 0 Å². The van der Waals surface area contributed by atoms with E-state index >= 15 is 0 Å². The normalized spacial score (nSPS) is 11.9. The molecule has 2 aromatic carbocycles. The number of rotatable bonds is 9. The van der Waals surface area contributed by atoms with Crippen molar-refractivity contribution in [1.82, 2.24) is 4.57 Å². The number of hydrogen-bond acceptors (Lipinski definition) is 6. The predicted molar refractivity (Wildman–Crippen MR) is 127 cm³/mol. The number of aryl methyl sites for hydroxylation is 2. The zero-order valence-electron chi connectivity index (χ0n) is 16.9. The summed E-state index contributed by atoms with van der Waals surface area (Å²) in [5, 5.41) is 11.1. The van der Waals surface area contributed by atoms with E-state index in [9.17, 15) is 14.9 Å². The second-order valence-corrected chi connectivity index (χ2v) is 9.87. The number of thiazole rings is 1. The predicted octanol–water partition coefficient (Wildman–Crippen LogP) is 5.28. The Morgan fingerprint density at radius 1 is 1.20 bits per heavy atom. The minimum Gasteiger partial charge on any atom is -0.316 e. The van der Waals surface area contributed by atoms with Gasteiger partial charge in [0.15, 0.2) is 4.80 Å². The van der Waals surface area contributed by atoms with Crippen LogP contribution in [0.15, 0.2) is 52.4 Å². The smallest absolute Gasteiger partial charge is 0.270 e. The van der Waals surface area contributed by atoms with E-state index in [1.807, 2.05) is 10.8 Å². The van der Waals surface area contributed by atoms with Crippen molar-refractivity contribution in [3.05, 3.63) is 62.9 Å². The maximum absolute atomic E-state index is 12.5. The van der Waals surface area contributed by atoms with Gasteiger partial charge in [0.1, 0.15) is 0 Å². The molecule has 30 heavy (non-hydrogen) atoms. The highest BCUT2D eigenvalue weighted by Crippen LogP contribution is 2.24. The molecule has 0 unspecified atom stereocenters. The fourth-order valence-corrected chi connectivity index (χ4v) is 5.19. The van der Waals surface area contributed by atoms with Gasteiger partial charge in [-0.05, 0) is 43.6 Å². The van der Waals surface area contributed by atoms with Crippen molar-refractivity contribution < 1.29 is 9.72 Å². The quantitative estimate of drug-likeness (QED) is 0.187. The number of nitro groups is 1. The highest BCUT2D eigenvalue weighted by atomic mass is 32.2. The average molecular weight is 462 g/mol. The molecule has 0 fully saturated rings. The zero-order chi connectivity index (χ0) is 21.5. The van der Waals surface area contributed by atoms with Gasteiger partial charge >= 0.3 is 0 Å². The van der Waals surface area contributed by atoms with Gasteiger partial charge < -0.3 is 4.57 Å². The Balaban J connectivity index is 1.71. The number of carbonyl (C=O) groups excluding carboxylic acids is 1. The van der Waals surface area contributed by atoms with Crippen LogP contribution in [0.5, 0.6) is 0 Å². The molecule has 9 heteroatoms. The summed E-state index contributed by atoms with van der Waals surface area (Å²) in [7, 11) is 0. The molecule has 3 rings (SSSR count). The van der Waals surface area contributed by atoms with Crippen LogP contribution in [0, 0.1) is 17.0 Å². The fraction of sp³-hybridized carbons (Fsp3) is 0.333. The van der Waals surface area contributed by atoms with Crippen molar-refractivity contribution in [2.45, 2.75) is 31.2 Å². The first-order valence-corrected chi connectivity index (χ1v) is 12.7. The molecule has 3 aromatic rings. The molecular formula is C21H23N3O3S3. The SMILES string of the molecule is CSCCn1c(=NC(=O)CCCSc2ccc(C)cc2)sc2cc([N+](=O)[O-])ccc21. The first kappa shape index (κ1) is 22.6. The number of benzene rings is 2. The van der Waals surface area contributed by atoms with Crippen LogP contribution in [0.3, 0.4) is 0 Å². The number of non-ortho nitro benzene ring substituents is 1. The second-order valence-electron chi connectivity index (χ2n) is 6.71. The van der Waals surface area contributed by atoms with Crippen LogP contribution in [0.4, 0.5) is 5.69 Å². The van der Waals surface area contributed by atoms with Crippen molar-refractivity contribution in [3.63, 3.8) is 0 Å². The molecule has 0 aliphatic heterocycles. The summed E-state index contributed by atoms with van der Waals surface area (Å²) in [6.45, 7) is 2.76. The highest BCUT2D eigenvalue weighted by molar-refractivity contribution is 7.99. The van der Waals surface area contributed by atoms with Gasteiger partial charge in [0.2, 0.25) is 5.91 Å². The highest BCUT2D eigenvalue weighted by Gasteiger charge is 2.12. The molecule has 0 spiro atoms. The maximum Gasteiger partial charge on any atom is 0.270 e. The summed E-state index contributed by atoms with van der Waals surface area (Å²) in [4.78, 5) is 29.3. The number of thioether (sulfide) groups is 2. The van der Waals surface area contributed by atoms with Crippen LogP contribution in [-0.2, 0) is 11.3 Å². The minimum absolute atomic E-state index is 0.0479. The number of fused-ring (bicyclic) bond motifs is 1. The molecule has 1 amide bonds. The van der Waals surface area contributed by atoms with Gasteiger partial charge in [-0.3, -0.25) is 14.9 Å². The number of hydrogen-bond donors (Lipinski definition) is 0. The lowest BCUT2D eigenvalue weighted by Crippen LogP contribution is -2.18. The molecule has 0 aliphatic rings. The van der Waals surface area contributed by atoms with Crippen LogP contribution < -0.4 is 4.80 Å². The largest absolute Gasteiger partial charge is 0.316 e. The number of aromatic nitrogens is 1. The second kappa shape index (κ2) is 10.8. The molecule has 0 bridgehead atoms. The summed E-state index contributed by atoms with van der Waals surface area (Å²) >= 11 is 4.77. The molecule has 0 saturated carbocycles. The van der Waals surface area contributed by atoms with Gasteiger partial charge in [0.25, 0.3) is 5.69 Å². The van der Waals surface area contributed by atoms with Crippen LogP contribution in [0.1, 0.15) is 18.4 Å². The maximum atomic E-state index is 12.5. The first-order chi connectivity index (χ1) is 14.5. The molecule has 0 atom stereocenters. The first-order valence-electron chi connectivity index (χ1n) is 9.51. The molecule has 6 nitrogen and oxygen atoms in total. The third-order valence-corrected chi connectivity index (χ3v) is 7.17. The number of nitrogens with zero attached hydrogens (tertiary/aromatic N) is 3. The van der Waals surface area contributed by atoms with E-state index in [0.29, 0.717) is 17.8 Å². The van der Waals surface area contributed by atoms with Crippen LogP contribution in [-0.4, -0.2) is 33.2 Å². The summed E-state index contributed by atoms with van der Waals surface area (Å²) in [5.41, 5.74) is 2.16. The lowest BCUT2D eigenvalue weighted by molar-refractivity contribution is -0.384. The third kappa shape index (κ3) is 5.96. The van der Waals surface area contributed by atoms with E-state index in [1.165, 1.54) is 27.9 Å². The summed E-state index contributed by atoms with van der Waals surface area (Å²) in [5.74, 6) is 1.57. The van der Waals surface area contributed by atoms with Gasteiger partial charge in [0, 0.05) is 35.7 Å². The van der Waals surface area contributed by atoms with Crippen molar-refractivity contribution in [2.24, 2.45) is 4.99 Å². The lowest BCUT2D eigenvalue weighted by Gasteiger charge is -2.04. The van der Waals surface area contributed by atoms with E-state index in [4.69, 9.17) is 0 Å². The standard InChI is InChI=1S/C21H23N3O3S3/c1-15-5-8-17(9-6-15)29-12-3-4-20(25)22-21-23(11-13-28-2)18-10-7-16(24(26)27)14-19(18)30-21/h5-10,14H,3-4,11-13H2,1-2H3. The average Bonchev–Trinajstić information content (AvgIpc) is 3.06. The summed E-state index contributed by atoms with van der Waals surface area (Å²) in [6, 6.07) is 13.2. The van der Waals surface area contributed by atoms with E-state index in [2.05, 4.69) is 36.2 Å². The summed E-state index contributed by atoms with van der Waals surface area (Å²) < 4.78 is 2.76. The van der Waals surface area contributed by atoms with Crippen molar-refractivity contribution in [3.8, 4) is 0 Å². The van der Waals surface area contributed by atoms with E-state index in [1.54, 1.807) is 35.7 Å². The molecule has 0 saturated heterocycles. The van der Waals surface area contributed by atoms with Gasteiger partial charge in [0.05, 0.1) is 15.1 Å². The molecule has 1 heterocycles. The molecule has 0 N–H and O–H groups in total. The third-order valence-electron chi connectivity index (χ3n) is 4.44. The van der Waals surface area contributed by atoms with Crippen LogP contribution >= 0.6 is 34.9 Å². The van der Waals surface area contributed by atoms with Gasteiger partial charge in [-0.1, -0.05) is 29.0 Å². The van der Waals surface area contributed by atoms with E-state index in [-0.39, 0.29) is 11.6 Å². The van der Waals surface area contributed by atoms with Crippen molar-refractivity contribution in [2.75, 3.05) is 17.8 Å². The minimum atomic E-state index is -0.404. The van der Waals surface area contributed by atoms with Crippen molar-refractivity contribution in [1.29, 1.82) is 0 Å². The van der Waals surface area contributed by atoms with E-state index in [0.717, 1.165) is 28.1 Å². The molecule has 1 aromatic heterocycles. The molecule has 0 aliphatic carbocycles. The Bertz CT molecular complexity index is 1100. The Hall–Kier alpha value is -2.10. The van der Waals surface area contributed by atoms with E-state index < -0.39 is 4.92 Å². The number of nitro benzene ring substituents is 1. The Kier molecular flexibility index (Phi) is 8.12. The van der Waals surface area contributed by atoms with Gasteiger partial charge in [-0.25, -0.2) is 0 Å². The Morgan fingerprint density at radius 3 is 2.67 bits per heavy atom. The lowest BCUT2D eigenvalue weighted by atomic mass is 10.2. The monoisotopic (exact) mass is 461 g/mol. The zero-order valence-corrected chi connectivity index (χ0v) is 19.3. The molecule has 158 valence electrons. The van der Waals surface area contributed by atoms with Crippen molar-refractivity contribution >= 4 is 56.7 Å². The fourth-order valence-electron chi connectivity index (χ4n) is 2.87. The molecular weight excluding hydrogens is 438 g/mol. The van der Waals surface area contributed by atoms with Gasteiger partial charge in [-0.15, -0.1) is 11.8 Å². The Morgan fingerprint density at radius 2 is 1.97 bits per heavy atom. The number of carbonyl (C=O) groups is 1.